The summed E-state index contributed by atoms with van der Waals surface area (Å²) in [5.41, 5.74) is 3.38. The van der Waals surface area contributed by atoms with Gasteiger partial charge in [0.1, 0.15) is 12.3 Å². The first-order valence-corrected chi connectivity index (χ1v) is 7.70. The van der Waals surface area contributed by atoms with Crippen LogP contribution in [0.1, 0.15) is 18.1 Å². The van der Waals surface area contributed by atoms with E-state index in [9.17, 15) is 9.59 Å². The van der Waals surface area contributed by atoms with Gasteiger partial charge >= 0.3 is 0 Å². The first kappa shape index (κ1) is 17.5. The number of carbonyl (C=O) groups is 2. The van der Waals surface area contributed by atoms with Crippen LogP contribution in [0.4, 0.5) is 11.4 Å². The van der Waals surface area contributed by atoms with E-state index in [0.29, 0.717) is 11.4 Å². The van der Waals surface area contributed by atoms with Gasteiger partial charge in [0.05, 0.1) is 12.8 Å². The molecule has 0 aromatic heterocycles. The molecule has 0 bridgehead atoms. The van der Waals surface area contributed by atoms with E-state index in [1.165, 1.54) is 11.8 Å². The fourth-order valence-electron chi connectivity index (χ4n) is 2.56. The number of nitrogens with zero attached hydrogens (tertiary/aromatic N) is 1. The quantitative estimate of drug-likeness (QED) is 0.917. The number of benzene rings is 2. The molecule has 24 heavy (non-hydrogen) atoms. The van der Waals surface area contributed by atoms with Gasteiger partial charge in [-0.1, -0.05) is 29.8 Å². The van der Waals surface area contributed by atoms with Gasteiger partial charge < -0.3 is 15.0 Å². The molecule has 0 saturated carbocycles. The fraction of sp³-hybridized carbons (Fsp3) is 0.263. The summed E-state index contributed by atoms with van der Waals surface area (Å²) < 4.78 is 5.22. The zero-order valence-corrected chi connectivity index (χ0v) is 14.4. The second-order valence-electron chi connectivity index (χ2n) is 5.64. The SMILES string of the molecule is COc1ccccc1NC(=O)CN(C(C)=O)c1ccc(C)cc1C. The van der Waals surface area contributed by atoms with Crippen LogP contribution in [0.25, 0.3) is 0 Å². The molecule has 5 heteroatoms. The van der Waals surface area contributed by atoms with Gasteiger partial charge in [-0.15, -0.1) is 0 Å². The number of hydrogen-bond donors (Lipinski definition) is 1. The third kappa shape index (κ3) is 4.13. The summed E-state index contributed by atoms with van der Waals surface area (Å²) in [6.45, 7) is 5.31. The molecular formula is C19H22N2O3. The van der Waals surface area contributed by atoms with E-state index in [4.69, 9.17) is 4.74 Å². The number of hydrogen-bond acceptors (Lipinski definition) is 3. The van der Waals surface area contributed by atoms with Crippen LogP contribution in [0, 0.1) is 13.8 Å². The van der Waals surface area contributed by atoms with E-state index in [2.05, 4.69) is 5.32 Å². The molecule has 0 heterocycles. The summed E-state index contributed by atoms with van der Waals surface area (Å²) >= 11 is 0. The second-order valence-corrected chi connectivity index (χ2v) is 5.64. The summed E-state index contributed by atoms with van der Waals surface area (Å²) in [5, 5.41) is 2.79. The van der Waals surface area contributed by atoms with E-state index in [1.54, 1.807) is 19.2 Å². The van der Waals surface area contributed by atoms with Crippen molar-refractivity contribution in [2.45, 2.75) is 20.8 Å². The summed E-state index contributed by atoms with van der Waals surface area (Å²) in [6.07, 6.45) is 0. The number of carbonyl (C=O) groups excluding carboxylic acids is 2. The molecule has 0 spiro atoms. The summed E-state index contributed by atoms with van der Waals surface area (Å²) in [7, 11) is 1.54. The zero-order chi connectivity index (χ0) is 17.7. The summed E-state index contributed by atoms with van der Waals surface area (Å²) in [5.74, 6) is 0.110. The Labute approximate surface area is 142 Å². The topological polar surface area (TPSA) is 58.6 Å². The normalized spacial score (nSPS) is 10.2. The molecule has 2 rings (SSSR count). The van der Waals surface area contributed by atoms with E-state index < -0.39 is 0 Å². The van der Waals surface area contributed by atoms with Gasteiger partial charge in [-0.05, 0) is 37.6 Å². The maximum atomic E-state index is 12.4. The second kappa shape index (κ2) is 7.64. The summed E-state index contributed by atoms with van der Waals surface area (Å²) in [6, 6.07) is 12.9. The Hall–Kier alpha value is -2.82. The van der Waals surface area contributed by atoms with Crippen LogP contribution in [0.15, 0.2) is 42.5 Å². The number of methoxy groups -OCH3 is 1. The number of anilines is 2. The molecule has 2 aromatic carbocycles. The monoisotopic (exact) mass is 326 g/mol. The Morgan fingerprint density at radius 3 is 2.46 bits per heavy atom. The predicted octanol–water partition coefficient (Wildman–Crippen LogP) is 3.30. The Balaban J connectivity index is 2.19. The average Bonchev–Trinajstić information content (AvgIpc) is 2.53. The number of aryl methyl sites for hydroxylation is 2. The van der Waals surface area contributed by atoms with E-state index >= 15 is 0 Å². The molecule has 0 saturated heterocycles. The Kier molecular flexibility index (Phi) is 5.58. The Morgan fingerprint density at radius 1 is 1.12 bits per heavy atom. The molecule has 2 aromatic rings. The lowest BCUT2D eigenvalue weighted by atomic mass is 10.1. The minimum absolute atomic E-state index is 0.0583. The van der Waals surface area contributed by atoms with Gasteiger partial charge in [-0.25, -0.2) is 0 Å². The van der Waals surface area contributed by atoms with Gasteiger partial charge in [-0.2, -0.15) is 0 Å². The van der Waals surface area contributed by atoms with Crippen LogP contribution in [-0.4, -0.2) is 25.5 Å². The van der Waals surface area contributed by atoms with Crippen molar-refractivity contribution >= 4 is 23.2 Å². The lowest BCUT2D eigenvalue weighted by Gasteiger charge is -2.23. The van der Waals surface area contributed by atoms with Crippen LogP contribution in [-0.2, 0) is 9.59 Å². The Morgan fingerprint density at radius 2 is 1.83 bits per heavy atom. The van der Waals surface area contributed by atoms with Crippen LogP contribution >= 0.6 is 0 Å². The number of para-hydroxylation sites is 2. The first-order valence-electron chi connectivity index (χ1n) is 7.70. The lowest BCUT2D eigenvalue weighted by molar-refractivity contribution is -0.120. The first-order chi connectivity index (χ1) is 11.4. The predicted molar refractivity (Wildman–Crippen MR) is 95.6 cm³/mol. The number of amides is 2. The molecule has 0 aliphatic carbocycles. The lowest BCUT2D eigenvalue weighted by Crippen LogP contribution is -2.37. The highest BCUT2D eigenvalue weighted by Gasteiger charge is 2.18. The Bertz CT molecular complexity index is 756. The van der Waals surface area contributed by atoms with Crippen molar-refractivity contribution in [1.29, 1.82) is 0 Å². The smallest absolute Gasteiger partial charge is 0.244 e. The largest absolute Gasteiger partial charge is 0.495 e. The molecule has 2 amide bonds. The van der Waals surface area contributed by atoms with Gasteiger partial charge in [0, 0.05) is 12.6 Å². The number of ether oxygens (including phenoxy) is 1. The van der Waals surface area contributed by atoms with E-state index in [-0.39, 0.29) is 18.4 Å². The maximum Gasteiger partial charge on any atom is 0.244 e. The average molecular weight is 326 g/mol. The molecule has 0 unspecified atom stereocenters. The number of nitrogens with one attached hydrogen (secondary N) is 1. The van der Waals surface area contributed by atoms with Gasteiger partial charge in [-0.3, -0.25) is 9.59 Å². The molecule has 0 atom stereocenters. The van der Waals surface area contributed by atoms with Gasteiger partial charge in [0.25, 0.3) is 0 Å². The van der Waals surface area contributed by atoms with Gasteiger partial charge in [0.15, 0.2) is 0 Å². The fourth-order valence-corrected chi connectivity index (χ4v) is 2.56. The van der Waals surface area contributed by atoms with Crippen LogP contribution < -0.4 is 15.0 Å². The highest BCUT2D eigenvalue weighted by atomic mass is 16.5. The van der Waals surface area contributed by atoms with Crippen molar-refractivity contribution < 1.29 is 14.3 Å². The third-order valence-electron chi connectivity index (χ3n) is 3.71. The van der Waals surface area contributed by atoms with Crippen LogP contribution in [0.3, 0.4) is 0 Å². The zero-order valence-electron chi connectivity index (χ0n) is 14.4. The molecule has 0 aliphatic rings. The molecule has 0 fully saturated rings. The van der Waals surface area contributed by atoms with Crippen LogP contribution in [0.2, 0.25) is 0 Å². The van der Waals surface area contributed by atoms with Crippen molar-refractivity contribution in [3.05, 3.63) is 53.6 Å². The van der Waals surface area contributed by atoms with Crippen molar-refractivity contribution in [3.63, 3.8) is 0 Å². The van der Waals surface area contributed by atoms with Crippen molar-refractivity contribution in [1.82, 2.24) is 0 Å². The van der Waals surface area contributed by atoms with Crippen molar-refractivity contribution in [3.8, 4) is 5.75 Å². The van der Waals surface area contributed by atoms with Crippen molar-refractivity contribution in [2.75, 3.05) is 23.9 Å². The summed E-state index contributed by atoms with van der Waals surface area (Å²) in [4.78, 5) is 25.9. The highest BCUT2D eigenvalue weighted by Crippen LogP contribution is 2.24. The molecule has 5 nitrogen and oxygen atoms in total. The standard InChI is InChI=1S/C19H22N2O3/c1-13-9-10-17(14(2)11-13)21(15(3)22)12-19(23)20-16-7-5-6-8-18(16)24-4/h5-11H,12H2,1-4H3,(H,20,23). The molecule has 0 aliphatic heterocycles. The molecule has 126 valence electrons. The number of rotatable bonds is 5. The highest BCUT2D eigenvalue weighted by molar-refractivity contribution is 6.02. The minimum Gasteiger partial charge on any atom is -0.495 e. The molecule has 1 N–H and O–H groups in total. The van der Waals surface area contributed by atoms with E-state index in [1.807, 2.05) is 44.2 Å². The molecular weight excluding hydrogens is 304 g/mol. The third-order valence-corrected chi connectivity index (χ3v) is 3.71. The molecule has 0 radical (unpaired) electrons. The minimum atomic E-state index is -0.283. The maximum absolute atomic E-state index is 12.4. The van der Waals surface area contributed by atoms with Crippen molar-refractivity contribution in [2.24, 2.45) is 0 Å². The van der Waals surface area contributed by atoms with Gasteiger partial charge in [0.2, 0.25) is 11.8 Å². The van der Waals surface area contributed by atoms with Crippen LogP contribution in [0.5, 0.6) is 5.75 Å². The van der Waals surface area contributed by atoms with E-state index in [0.717, 1.165) is 16.8 Å².